The minimum Gasteiger partial charge on any atom is -0.340 e. The highest BCUT2D eigenvalue weighted by Crippen LogP contribution is 2.58. The Balaban J connectivity index is 1.44. The highest BCUT2D eigenvalue weighted by molar-refractivity contribution is 7.89. The van der Waals surface area contributed by atoms with Gasteiger partial charge in [-0.1, -0.05) is 0 Å². The van der Waals surface area contributed by atoms with Crippen molar-refractivity contribution in [2.24, 2.45) is 11.8 Å². The molecule has 2 saturated heterocycles. The number of amides is 2. The zero-order valence-electron chi connectivity index (χ0n) is 16.3. The highest BCUT2D eigenvalue weighted by atomic mass is 32.2. The van der Waals surface area contributed by atoms with Crippen LogP contribution in [0.3, 0.4) is 0 Å². The summed E-state index contributed by atoms with van der Waals surface area (Å²) in [4.78, 5) is 26.9. The molecule has 1 aliphatic carbocycles. The number of halogens is 3. The number of hydrogen-bond acceptors (Lipinski definition) is 4. The number of nitrogens with zero attached hydrogens (tertiary/aromatic N) is 3. The van der Waals surface area contributed by atoms with Crippen molar-refractivity contribution >= 4 is 21.8 Å². The number of rotatable bonds is 3. The van der Waals surface area contributed by atoms with E-state index in [0.29, 0.717) is 19.5 Å². The number of fused-ring (bicyclic) bond motifs is 1. The molecule has 164 valence electrons. The van der Waals surface area contributed by atoms with Gasteiger partial charge in [0.15, 0.2) is 0 Å². The maximum Gasteiger partial charge on any atom is 0.394 e. The predicted molar refractivity (Wildman–Crippen MR) is 99.9 cm³/mol. The second kappa shape index (κ2) is 7.23. The van der Waals surface area contributed by atoms with Crippen molar-refractivity contribution in [2.45, 2.75) is 30.5 Å². The van der Waals surface area contributed by atoms with Crippen LogP contribution in [0.15, 0.2) is 29.2 Å². The summed E-state index contributed by atoms with van der Waals surface area (Å²) >= 11 is 0. The summed E-state index contributed by atoms with van der Waals surface area (Å²) in [5.41, 5.74) is 0.170. The molecular weight excluding hydrogens is 423 g/mol. The van der Waals surface area contributed by atoms with Gasteiger partial charge in [-0.2, -0.15) is 17.5 Å². The monoisotopic (exact) mass is 445 g/mol. The summed E-state index contributed by atoms with van der Waals surface area (Å²) in [6.07, 6.45) is -3.97. The Hall–Kier alpha value is -2.14. The lowest BCUT2D eigenvalue weighted by Gasteiger charge is -2.33. The maximum atomic E-state index is 13.0. The first-order valence-corrected chi connectivity index (χ1v) is 11.2. The van der Waals surface area contributed by atoms with E-state index < -0.39 is 40.0 Å². The third-order valence-corrected chi connectivity index (χ3v) is 8.16. The standard InChI is InChI=1S/C19H22F3N3O4S/c1-12(26)23-8-10-24(11-9-23)30(28,29)14-4-2-13(3-5-14)18(27)25-7-6-15-16(17(15)25)19(20,21)22/h2-5,15-17H,6-11H2,1H3/t15-,16-,17-/m0/s1. The van der Waals surface area contributed by atoms with Crippen molar-refractivity contribution in [3.63, 3.8) is 0 Å². The van der Waals surface area contributed by atoms with Gasteiger partial charge < -0.3 is 9.80 Å². The van der Waals surface area contributed by atoms with E-state index >= 15 is 0 Å². The van der Waals surface area contributed by atoms with Crippen LogP contribution >= 0.6 is 0 Å². The molecule has 1 aromatic rings. The average Bonchev–Trinajstić information content (AvgIpc) is 3.29. The van der Waals surface area contributed by atoms with Crippen molar-refractivity contribution < 1.29 is 31.2 Å². The molecule has 1 aromatic carbocycles. The molecule has 2 heterocycles. The first-order chi connectivity index (χ1) is 14.0. The van der Waals surface area contributed by atoms with Crippen LogP contribution in [-0.2, 0) is 14.8 Å². The van der Waals surface area contributed by atoms with Crippen molar-refractivity contribution in [1.29, 1.82) is 0 Å². The number of piperazine rings is 1. The smallest absolute Gasteiger partial charge is 0.340 e. The van der Waals surface area contributed by atoms with E-state index in [9.17, 15) is 31.2 Å². The maximum absolute atomic E-state index is 13.0. The van der Waals surface area contributed by atoms with Gasteiger partial charge in [-0.25, -0.2) is 8.42 Å². The highest BCUT2D eigenvalue weighted by Gasteiger charge is 2.69. The third-order valence-electron chi connectivity index (χ3n) is 6.25. The molecule has 0 radical (unpaired) electrons. The van der Waals surface area contributed by atoms with E-state index in [0.717, 1.165) is 0 Å². The number of carbonyl (C=O) groups excluding carboxylic acids is 2. The van der Waals surface area contributed by atoms with E-state index in [1.54, 1.807) is 4.90 Å². The molecule has 7 nitrogen and oxygen atoms in total. The molecule has 1 saturated carbocycles. The largest absolute Gasteiger partial charge is 0.394 e. The van der Waals surface area contributed by atoms with Gasteiger partial charge in [-0.15, -0.1) is 0 Å². The number of benzene rings is 1. The zero-order chi connectivity index (χ0) is 21.8. The summed E-state index contributed by atoms with van der Waals surface area (Å²) in [6.45, 7) is 2.69. The molecule has 0 aromatic heterocycles. The number of carbonyl (C=O) groups is 2. The summed E-state index contributed by atoms with van der Waals surface area (Å²) < 4.78 is 65.9. The van der Waals surface area contributed by atoms with Crippen LogP contribution in [0.2, 0.25) is 0 Å². The van der Waals surface area contributed by atoms with Crippen LogP contribution in [-0.4, -0.2) is 79.3 Å². The normalized spacial score (nSPS) is 27.1. The fourth-order valence-electron chi connectivity index (χ4n) is 4.57. The lowest BCUT2D eigenvalue weighted by molar-refractivity contribution is -0.156. The molecule has 0 spiro atoms. The number of piperidine rings is 1. The molecule has 30 heavy (non-hydrogen) atoms. The number of alkyl halides is 3. The van der Waals surface area contributed by atoms with Crippen LogP contribution in [0.25, 0.3) is 0 Å². The van der Waals surface area contributed by atoms with Gasteiger partial charge in [0.25, 0.3) is 5.91 Å². The number of hydrogen-bond donors (Lipinski definition) is 0. The van der Waals surface area contributed by atoms with Crippen LogP contribution in [0.5, 0.6) is 0 Å². The van der Waals surface area contributed by atoms with Crippen LogP contribution in [0, 0.1) is 11.8 Å². The van der Waals surface area contributed by atoms with E-state index in [4.69, 9.17) is 0 Å². The molecular formula is C19H22F3N3O4S. The number of sulfonamides is 1. The van der Waals surface area contributed by atoms with Gasteiger partial charge in [0.1, 0.15) is 0 Å². The summed E-state index contributed by atoms with van der Waals surface area (Å²) in [5.74, 6) is -2.60. The Kier molecular flexibility index (Phi) is 5.08. The average molecular weight is 445 g/mol. The van der Waals surface area contributed by atoms with E-state index in [-0.39, 0.29) is 36.0 Å². The summed E-state index contributed by atoms with van der Waals surface area (Å²) in [7, 11) is -3.78. The van der Waals surface area contributed by atoms with Crippen molar-refractivity contribution in [3.05, 3.63) is 29.8 Å². The quantitative estimate of drug-likeness (QED) is 0.708. The molecule has 3 fully saturated rings. The summed E-state index contributed by atoms with van der Waals surface area (Å²) in [6, 6.07) is 4.50. The van der Waals surface area contributed by atoms with Gasteiger partial charge in [0, 0.05) is 51.3 Å². The molecule has 0 bridgehead atoms. The Labute approximate surface area is 172 Å². The predicted octanol–water partition coefficient (Wildman–Crippen LogP) is 1.56. The Morgan fingerprint density at radius 2 is 1.60 bits per heavy atom. The second-order valence-corrected chi connectivity index (χ2v) is 9.88. The van der Waals surface area contributed by atoms with Crippen molar-refractivity contribution in [2.75, 3.05) is 32.7 Å². The molecule has 3 atom stereocenters. The van der Waals surface area contributed by atoms with Crippen LogP contribution in [0.4, 0.5) is 13.2 Å². The van der Waals surface area contributed by atoms with E-state index in [1.165, 1.54) is 40.4 Å². The van der Waals surface area contributed by atoms with Gasteiger partial charge in [0.05, 0.1) is 10.8 Å². The molecule has 2 amide bonds. The van der Waals surface area contributed by atoms with E-state index in [1.807, 2.05) is 0 Å². The minimum atomic E-state index is -4.31. The molecule has 4 rings (SSSR count). The van der Waals surface area contributed by atoms with E-state index in [2.05, 4.69) is 0 Å². The van der Waals surface area contributed by atoms with Gasteiger partial charge in [-0.05, 0) is 36.6 Å². The number of likely N-dealkylation sites (tertiary alicyclic amines) is 1. The van der Waals surface area contributed by atoms with Crippen molar-refractivity contribution in [3.8, 4) is 0 Å². The first kappa shape index (κ1) is 21.1. The third kappa shape index (κ3) is 3.58. The molecule has 2 aliphatic heterocycles. The van der Waals surface area contributed by atoms with Crippen molar-refractivity contribution in [1.82, 2.24) is 14.1 Å². The first-order valence-electron chi connectivity index (χ1n) is 9.75. The molecule has 11 heteroatoms. The summed E-state index contributed by atoms with van der Waals surface area (Å²) in [5, 5.41) is 0. The van der Waals surface area contributed by atoms with Gasteiger partial charge in [0.2, 0.25) is 15.9 Å². The Bertz CT molecular complexity index is 956. The zero-order valence-corrected chi connectivity index (χ0v) is 17.1. The van der Waals surface area contributed by atoms with Crippen LogP contribution < -0.4 is 0 Å². The Morgan fingerprint density at radius 3 is 2.10 bits per heavy atom. The second-order valence-electron chi connectivity index (χ2n) is 7.94. The molecule has 0 unspecified atom stereocenters. The fraction of sp³-hybridized carbons (Fsp3) is 0.579. The minimum absolute atomic E-state index is 0.00853. The molecule has 0 N–H and O–H groups in total. The topological polar surface area (TPSA) is 78.0 Å². The lowest BCUT2D eigenvalue weighted by Crippen LogP contribution is -2.49. The van der Waals surface area contributed by atoms with Gasteiger partial charge >= 0.3 is 6.18 Å². The molecule has 3 aliphatic rings. The fourth-order valence-corrected chi connectivity index (χ4v) is 5.99. The SMILES string of the molecule is CC(=O)N1CCN(S(=O)(=O)c2ccc(C(=O)N3CC[C@@H]4[C@H]3[C@H]4C(F)(F)F)cc2)CC1. The van der Waals surface area contributed by atoms with Gasteiger partial charge in [-0.3, -0.25) is 9.59 Å². The lowest BCUT2D eigenvalue weighted by atomic mass is 10.2. The van der Waals surface area contributed by atoms with Crippen LogP contribution in [0.1, 0.15) is 23.7 Å². The Morgan fingerprint density at radius 1 is 1.00 bits per heavy atom.